The molecule has 19 heavy (non-hydrogen) atoms. The Bertz CT molecular complexity index is 548. The van der Waals surface area contributed by atoms with Gasteiger partial charge in [0.25, 0.3) is 0 Å². The van der Waals surface area contributed by atoms with Gasteiger partial charge in [-0.25, -0.2) is 0 Å². The molecule has 0 saturated carbocycles. The molecule has 100 valence electrons. The summed E-state index contributed by atoms with van der Waals surface area (Å²) in [5.74, 6) is -0.0594. The lowest BCUT2D eigenvalue weighted by atomic mass is 10.3. The molecule has 1 aromatic heterocycles. The molecular formula is C14H16ClN3O. The number of halogens is 1. The molecule has 0 radical (unpaired) electrons. The lowest BCUT2D eigenvalue weighted by Gasteiger charge is -2.09. The topological polar surface area (TPSA) is 46.1 Å². The maximum atomic E-state index is 11.9. The van der Waals surface area contributed by atoms with Crippen LogP contribution in [0.5, 0.6) is 0 Å². The molecule has 0 unspecified atom stereocenters. The van der Waals surface area contributed by atoms with Crippen LogP contribution < -0.4 is 10.6 Å². The predicted molar refractivity (Wildman–Crippen MR) is 77.3 cm³/mol. The Morgan fingerprint density at radius 2 is 2.00 bits per heavy atom. The lowest BCUT2D eigenvalue weighted by molar-refractivity contribution is -0.116. The minimum Gasteiger partial charge on any atom is -0.341 e. The number of carbonyl (C=O) groups is 1. The van der Waals surface area contributed by atoms with Gasteiger partial charge in [-0.1, -0.05) is 11.6 Å². The fourth-order valence-electron chi connectivity index (χ4n) is 1.83. The van der Waals surface area contributed by atoms with Crippen LogP contribution in [0.4, 0.5) is 5.69 Å². The largest absolute Gasteiger partial charge is 0.341 e. The lowest BCUT2D eigenvalue weighted by Crippen LogP contribution is -2.20. The number of rotatable bonds is 5. The van der Waals surface area contributed by atoms with E-state index < -0.39 is 0 Å². The molecular weight excluding hydrogens is 262 g/mol. The quantitative estimate of drug-likeness (QED) is 0.882. The summed E-state index contributed by atoms with van der Waals surface area (Å²) < 4.78 is 1.92. The van der Waals surface area contributed by atoms with E-state index in [2.05, 4.69) is 10.6 Å². The molecule has 2 rings (SSSR count). The van der Waals surface area contributed by atoms with Crippen molar-refractivity contribution in [1.29, 1.82) is 0 Å². The maximum Gasteiger partial charge on any atom is 0.244 e. The highest BCUT2D eigenvalue weighted by atomic mass is 35.5. The zero-order valence-electron chi connectivity index (χ0n) is 10.7. The minimum atomic E-state index is -0.0594. The van der Waals surface area contributed by atoms with Gasteiger partial charge >= 0.3 is 0 Å². The summed E-state index contributed by atoms with van der Waals surface area (Å²) >= 11 is 5.80. The van der Waals surface area contributed by atoms with Crippen LogP contribution in [-0.2, 0) is 17.9 Å². The first-order chi connectivity index (χ1) is 9.19. The summed E-state index contributed by atoms with van der Waals surface area (Å²) in [6, 6.07) is 11.0. The van der Waals surface area contributed by atoms with Gasteiger partial charge in [0, 0.05) is 29.1 Å². The zero-order valence-corrected chi connectivity index (χ0v) is 11.4. The summed E-state index contributed by atoms with van der Waals surface area (Å²) in [5, 5.41) is 6.56. The monoisotopic (exact) mass is 277 g/mol. The van der Waals surface area contributed by atoms with Crippen molar-refractivity contribution in [2.75, 3.05) is 12.4 Å². The fraction of sp³-hybridized carbons (Fsp3) is 0.214. The molecule has 0 bridgehead atoms. The second-order valence-corrected chi connectivity index (χ2v) is 4.65. The molecule has 0 atom stereocenters. The first-order valence-electron chi connectivity index (χ1n) is 6.03. The molecule has 2 aromatic rings. The normalized spacial score (nSPS) is 10.4. The van der Waals surface area contributed by atoms with Crippen molar-refractivity contribution in [2.45, 2.75) is 13.1 Å². The third-order valence-electron chi connectivity index (χ3n) is 2.72. The summed E-state index contributed by atoms with van der Waals surface area (Å²) in [6.07, 6.45) is 1.90. The molecule has 0 aliphatic rings. The number of hydrogen-bond donors (Lipinski definition) is 2. The average Bonchev–Trinajstić information content (AvgIpc) is 2.80. The molecule has 0 aliphatic heterocycles. The van der Waals surface area contributed by atoms with Crippen LogP contribution in [0.3, 0.4) is 0 Å². The highest BCUT2D eigenvalue weighted by Gasteiger charge is 2.06. The second kappa shape index (κ2) is 6.41. The van der Waals surface area contributed by atoms with E-state index in [1.165, 1.54) is 0 Å². The molecule has 1 aromatic carbocycles. The molecule has 1 amide bonds. The van der Waals surface area contributed by atoms with Crippen molar-refractivity contribution < 1.29 is 4.79 Å². The Hall–Kier alpha value is -1.78. The molecule has 0 saturated heterocycles. The number of amides is 1. The van der Waals surface area contributed by atoms with Crippen LogP contribution in [0.25, 0.3) is 0 Å². The summed E-state index contributed by atoms with van der Waals surface area (Å²) in [7, 11) is 1.88. The van der Waals surface area contributed by atoms with Gasteiger partial charge in [-0.15, -0.1) is 0 Å². The van der Waals surface area contributed by atoms with Gasteiger partial charge in [0.1, 0.15) is 6.54 Å². The first kappa shape index (κ1) is 13.6. The molecule has 0 aliphatic carbocycles. The van der Waals surface area contributed by atoms with Crippen molar-refractivity contribution in [2.24, 2.45) is 0 Å². The van der Waals surface area contributed by atoms with Crippen molar-refractivity contribution in [3.63, 3.8) is 0 Å². The number of aromatic nitrogens is 1. The van der Waals surface area contributed by atoms with E-state index in [0.717, 1.165) is 17.9 Å². The number of nitrogens with zero attached hydrogens (tertiary/aromatic N) is 1. The average molecular weight is 278 g/mol. The van der Waals surface area contributed by atoms with E-state index in [1.54, 1.807) is 24.3 Å². The van der Waals surface area contributed by atoms with Gasteiger partial charge in [0.05, 0.1) is 0 Å². The number of hydrogen-bond acceptors (Lipinski definition) is 2. The highest BCUT2D eigenvalue weighted by Crippen LogP contribution is 2.13. The molecule has 2 N–H and O–H groups in total. The van der Waals surface area contributed by atoms with Gasteiger partial charge in [-0.3, -0.25) is 4.79 Å². The standard InChI is InChI=1S/C14H16ClN3O/c1-16-9-13-3-2-8-18(13)10-14(19)17-12-6-4-11(15)5-7-12/h2-8,16H,9-10H2,1H3,(H,17,19). The Labute approximate surface area is 117 Å². The number of nitrogens with one attached hydrogen (secondary N) is 2. The van der Waals surface area contributed by atoms with Gasteiger partial charge in [0.2, 0.25) is 5.91 Å². The Balaban J connectivity index is 1.97. The van der Waals surface area contributed by atoms with E-state index in [9.17, 15) is 4.79 Å². The van der Waals surface area contributed by atoms with Gasteiger partial charge in [-0.05, 0) is 43.4 Å². The molecule has 4 nitrogen and oxygen atoms in total. The number of benzene rings is 1. The van der Waals surface area contributed by atoms with Crippen molar-refractivity contribution in [3.8, 4) is 0 Å². The number of carbonyl (C=O) groups excluding carboxylic acids is 1. The van der Waals surface area contributed by atoms with Gasteiger partial charge in [-0.2, -0.15) is 0 Å². The van der Waals surface area contributed by atoms with Crippen molar-refractivity contribution >= 4 is 23.2 Å². The molecule has 1 heterocycles. The predicted octanol–water partition coefficient (Wildman–Crippen LogP) is 2.50. The third kappa shape index (κ3) is 3.84. The van der Waals surface area contributed by atoms with Crippen LogP contribution in [0.15, 0.2) is 42.6 Å². The summed E-state index contributed by atoms with van der Waals surface area (Å²) in [5.41, 5.74) is 1.82. The molecule has 5 heteroatoms. The first-order valence-corrected chi connectivity index (χ1v) is 6.41. The Morgan fingerprint density at radius 3 is 2.68 bits per heavy atom. The van der Waals surface area contributed by atoms with Gasteiger partial charge < -0.3 is 15.2 Å². The van der Waals surface area contributed by atoms with Crippen molar-refractivity contribution in [3.05, 3.63) is 53.3 Å². The third-order valence-corrected chi connectivity index (χ3v) is 2.98. The Morgan fingerprint density at radius 1 is 1.26 bits per heavy atom. The van der Waals surface area contributed by atoms with E-state index >= 15 is 0 Å². The fourth-order valence-corrected chi connectivity index (χ4v) is 1.96. The highest BCUT2D eigenvalue weighted by molar-refractivity contribution is 6.30. The Kier molecular flexibility index (Phi) is 4.60. The van der Waals surface area contributed by atoms with Gasteiger partial charge in [0.15, 0.2) is 0 Å². The molecule has 0 spiro atoms. The van der Waals surface area contributed by atoms with Crippen molar-refractivity contribution in [1.82, 2.24) is 9.88 Å². The SMILES string of the molecule is CNCc1cccn1CC(=O)Nc1ccc(Cl)cc1. The van der Waals surface area contributed by atoms with Crippen LogP contribution in [0, 0.1) is 0 Å². The smallest absolute Gasteiger partial charge is 0.244 e. The summed E-state index contributed by atoms with van der Waals surface area (Å²) in [4.78, 5) is 11.9. The maximum absolute atomic E-state index is 11.9. The van der Waals surface area contributed by atoms with E-state index in [4.69, 9.17) is 11.6 Å². The number of anilines is 1. The van der Waals surface area contributed by atoms with E-state index in [1.807, 2.05) is 29.9 Å². The van der Waals surface area contributed by atoms with Crippen LogP contribution in [0.1, 0.15) is 5.69 Å². The van der Waals surface area contributed by atoms with Crippen LogP contribution >= 0.6 is 11.6 Å². The van der Waals surface area contributed by atoms with Crippen LogP contribution in [-0.4, -0.2) is 17.5 Å². The second-order valence-electron chi connectivity index (χ2n) is 4.21. The van der Waals surface area contributed by atoms with Crippen LogP contribution in [0.2, 0.25) is 5.02 Å². The summed E-state index contributed by atoms with van der Waals surface area (Å²) in [6.45, 7) is 1.04. The van der Waals surface area contributed by atoms with E-state index in [-0.39, 0.29) is 5.91 Å². The minimum absolute atomic E-state index is 0.0594. The zero-order chi connectivity index (χ0) is 13.7. The molecule has 0 fully saturated rings. The van der Waals surface area contributed by atoms with E-state index in [0.29, 0.717) is 11.6 Å².